The van der Waals surface area contributed by atoms with Crippen LogP contribution in [-0.4, -0.2) is 16.8 Å². The zero-order valence-corrected chi connectivity index (χ0v) is 10.4. The Hall–Kier alpha value is -1.22. The number of aromatic hydroxyl groups is 2. The highest BCUT2D eigenvalue weighted by atomic mass is 16.3. The van der Waals surface area contributed by atoms with Gasteiger partial charge < -0.3 is 15.5 Å². The molecule has 0 bridgehead atoms. The van der Waals surface area contributed by atoms with Gasteiger partial charge in [0.25, 0.3) is 0 Å². The van der Waals surface area contributed by atoms with Gasteiger partial charge in [0, 0.05) is 24.7 Å². The number of phenols is 2. The number of hydrogen-bond acceptors (Lipinski definition) is 3. The normalized spacial score (nSPS) is 18.4. The summed E-state index contributed by atoms with van der Waals surface area (Å²) in [7, 11) is 0. The molecule has 0 heterocycles. The first-order chi connectivity index (χ1) is 8.09. The molecule has 17 heavy (non-hydrogen) atoms. The Morgan fingerprint density at radius 1 is 1.24 bits per heavy atom. The summed E-state index contributed by atoms with van der Waals surface area (Å²) in [6.45, 7) is 3.97. The molecule has 3 nitrogen and oxygen atoms in total. The van der Waals surface area contributed by atoms with E-state index in [0.717, 1.165) is 12.1 Å². The lowest BCUT2D eigenvalue weighted by Crippen LogP contribution is -2.29. The minimum absolute atomic E-state index is 0.106. The number of benzene rings is 1. The topological polar surface area (TPSA) is 52.5 Å². The Labute approximate surface area is 102 Å². The summed E-state index contributed by atoms with van der Waals surface area (Å²) in [5.74, 6) is 0.267. The van der Waals surface area contributed by atoms with Crippen LogP contribution in [0.5, 0.6) is 11.5 Å². The van der Waals surface area contributed by atoms with Crippen molar-refractivity contribution in [1.82, 2.24) is 5.32 Å². The molecule has 1 saturated carbocycles. The third-order valence-electron chi connectivity index (χ3n) is 3.75. The molecule has 0 unspecified atom stereocenters. The van der Waals surface area contributed by atoms with E-state index < -0.39 is 0 Å². The third kappa shape index (κ3) is 3.13. The summed E-state index contributed by atoms with van der Waals surface area (Å²) in [5, 5.41) is 22.2. The molecule has 0 aliphatic heterocycles. The molecule has 0 radical (unpaired) electrons. The number of phenolic OH excluding ortho intramolecular Hbond substituents is 2. The Morgan fingerprint density at radius 3 is 2.59 bits per heavy atom. The van der Waals surface area contributed by atoms with Gasteiger partial charge in [0.15, 0.2) is 0 Å². The molecule has 2 rings (SSSR count). The van der Waals surface area contributed by atoms with Crippen molar-refractivity contribution in [3.63, 3.8) is 0 Å². The van der Waals surface area contributed by atoms with Crippen molar-refractivity contribution in [2.24, 2.45) is 5.41 Å². The van der Waals surface area contributed by atoms with Crippen LogP contribution in [0.3, 0.4) is 0 Å². The first kappa shape index (κ1) is 12.2. The average Bonchev–Trinajstić information content (AvgIpc) is 2.69. The van der Waals surface area contributed by atoms with Crippen LogP contribution in [0, 0.1) is 5.41 Å². The van der Waals surface area contributed by atoms with Gasteiger partial charge in [-0.3, -0.25) is 0 Å². The fraction of sp³-hybridized carbons (Fsp3) is 0.571. The molecule has 0 saturated heterocycles. The lowest BCUT2D eigenvalue weighted by atomic mass is 9.89. The SMILES string of the molecule is CC1(CNCc2ccc(O)cc2O)CCCC1. The van der Waals surface area contributed by atoms with Gasteiger partial charge in [-0.05, 0) is 24.3 Å². The van der Waals surface area contributed by atoms with Gasteiger partial charge in [-0.2, -0.15) is 0 Å². The highest BCUT2D eigenvalue weighted by Gasteiger charge is 2.27. The van der Waals surface area contributed by atoms with Gasteiger partial charge in [-0.1, -0.05) is 25.8 Å². The molecule has 94 valence electrons. The largest absolute Gasteiger partial charge is 0.508 e. The zero-order valence-electron chi connectivity index (χ0n) is 10.4. The van der Waals surface area contributed by atoms with E-state index in [1.54, 1.807) is 12.1 Å². The van der Waals surface area contributed by atoms with E-state index in [2.05, 4.69) is 12.2 Å². The van der Waals surface area contributed by atoms with Gasteiger partial charge >= 0.3 is 0 Å². The maximum absolute atomic E-state index is 9.65. The van der Waals surface area contributed by atoms with E-state index in [1.165, 1.54) is 31.7 Å². The summed E-state index contributed by atoms with van der Waals surface area (Å²) in [6, 6.07) is 4.75. The average molecular weight is 235 g/mol. The second kappa shape index (κ2) is 4.96. The maximum atomic E-state index is 9.65. The van der Waals surface area contributed by atoms with Crippen LogP contribution in [0.15, 0.2) is 18.2 Å². The smallest absolute Gasteiger partial charge is 0.123 e. The molecule has 3 N–H and O–H groups in total. The van der Waals surface area contributed by atoms with E-state index in [9.17, 15) is 10.2 Å². The fourth-order valence-electron chi connectivity index (χ4n) is 2.61. The highest BCUT2D eigenvalue weighted by Crippen LogP contribution is 2.36. The van der Waals surface area contributed by atoms with Crippen molar-refractivity contribution in [3.8, 4) is 11.5 Å². The number of rotatable bonds is 4. The van der Waals surface area contributed by atoms with E-state index in [4.69, 9.17) is 0 Å². The Balaban J connectivity index is 1.85. The molecule has 1 aliphatic carbocycles. The van der Waals surface area contributed by atoms with Crippen molar-refractivity contribution in [2.45, 2.75) is 39.2 Å². The summed E-state index contributed by atoms with van der Waals surface area (Å²) >= 11 is 0. The zero-order chi connectivity index (χ0) is 12.3. The van der Waals surface area contributed by atoms with Gasteiger partial charge in [-0.15, -0.1) is 0 Å². The van der Waals surface area contributed by atoms with Gasteiger partial charge in [0.2, 0.25) is 0 Å². The van der Waals surface area contributed by atoms with Crippen molar-refractivity contribution in [3.05, 3.63) is 23.8 Å². The van der Waals surface area contributed by atoms with Gasteiger partial charge in [-0.25, -0.2) is 0 Å². The molecule has 3 heteroatoms. The molecule has 0 amide bonds. The first-order valence-electron chi connectivity index (χ1n) is 6.31. The summed E-state index contributed by atoms with van der Waals surface area (Å²) in [6.07, 6.45) is 5.26. The predicted molar refractivity (Wildman–Crippen MR) is 68.1 cm³/mol. The molecule has 0 atom stereocenters. The first-order valence-corrected chi connectivity index (χ1v) is 6.31. The van der Waals surface area contributed by atoms with Crippen LogP contribution in [0.2, 0.25) is 0 Å². The minimum Gasteiger partial charge on any atom is -0.508 e. The minimum atomic E-state index is 0.106. The fourth-order valence-corrected chi connectivity index (χ4v) is 2.61. The highest BCUT2D eigenvalue weighted by molar-refractivity contribution is 5.38. The van der Waals surface area contributed by atoms with E-state index in [-0.39, 0.29) is 11.5 Å². The Kier molecular flexibility index (Phi) is 3.57. The van der Waals surface area contributed by atoms with Crippen LogP contribution in [0.25, 0.3) is 0 Å². The van der Waals surface area contributed by atoms with Crippen LogP contribution in [-0.2, 0) is 6.54 Å². The Bertz CT molecular complexity index is 384. The maximum Gasteiger partial charge on any atom is 0.123 e. The van der Waals surface area contributed by atoms with Crippen molar-refractivity contribution in [1.29, 1.82) is 0 Å². The lowest BCUT2D eigenvalue weighted by molar-refractivity contribution is 0.313. The van der Waals surface area contributed by atoms with E-state index >= 15 is 0 Å². The predicted octanol–water partition coefficient (Wildman–Crippen LogP) is 2.77. The molecule has 0 aromatic heterocycles. The van der Waals surface area contributed by atoms with Crippen LogP contribution < -0.4 is 5.32 Å². The molecule has 0 spiro atoms. The van der Waals surface area contributed by atoms with Gasteiger partial charge in [0.1, 0.15) is 11.5 Å². The molecule has 1 aromatic carbocycles. The van der Waals surface area contributed by atoms with Crippen molar-refractivity contribution < 1.29 is 10.2 Å². The van der Waals surface area contributed by atoms with Crippen LogP contribution in [0.1, 0.15) is 38.2 Å². The standard InChI is InChI=1S/C14H21NO2/c1-14(6-2-3-7-14)10-15-9-11-4-5-12(16)8-13(11)17/h4-5,8,15-17H,2-3,6-7,9-10H2,1H3. The third-order valence-corrected chi connectivity index (χ3v) is 3.75. The lowest BCUT2D eigenvalue weighted by Gasteiger charge is -2.23. The number of hydrogen-bond donors (Lipinski definition) is 3. The van der Waals surface area contributed by atoms with Crippen LogP contribution >= 0.6 is 0 Å². The Morgan fingerprint density at radius 2 is 1.94 bits per heavy atom. The quantitative estimate of drug-likeness (QED) is 0.752. The van der Waals surface area contributed by atoms with Gasteiger partial charge in [0.05, 0.1) is 0 Å². The van der Waals surface area contributed by atoms with E-state index in [0.29, 0.717) is 12.0 Å². The second-order valence-corrected chi connectivity index (χ2v) is 5.43. The number of nitrogens with one attached hydrogen (secondary N) is 1. The summed E-state index contributed by atoms with van der Waals surface area (Å²) < 4.78 is 0. The monoisotopic (exact) mass is 235 g/mol. The van der Waals surface area contributed by atoms with Crippen molar-refractivity contribution >= 4 is 0 Å². The molecule has 1 aliphatic rings. The molecular weight excluding hydrogens is 214 g/mol. The summed E-state index contributed by atoms with van der Waals surface area (Å²) in [5.41, 5.74) is 1.26. The van der Waals surface area contributed by atoms with E-state index in [1.807, 2.05) is 0 Å². The van der Waals surface area contributed by atoms with Crippen molar-refractivity contribution in [2.75, 3.05) is 6.54 Å². The molecular formula is C14H21NO2. The molecule has 1 fully saturated rings. The molecule has 1 aromatic rings. The summed E-state index contributed by atoms with van der Waals surface area (Å²) in [4.78, 5) is 0. The second-order valence-electron chi connectivity index (χ2n) is 5.43. The van der Waals surface area contributed by atoms with Crippen LogP contribution in [0.4, 0.5) is 0 Å².